The molecule has 1 heterocycles. The van der Waals surface area contributed by atoms with Crippen LogP contribution in [0.5, 0.6) is 0 Å². The van der Waals surface area contributed by atoms with Crippen LogP contribution >= 0.6 is 15.9 Å². The third-order valence-electron chi connectivity index (χ3n) is 2.55. The molecule has 2 nitrogen and oxygen atoms in total. The number of nitrogens with zero attached hydrogens (tertiary/aromatic N) is 1. The Labute approximate surface area is 93.1 Å². The second-order valence-corrected chi connectivity index (χ2v) is 4.82. The Kier molecular flexibility index (Phi) is 2.72. The van der Waals surface area contributed by atoms with Crippen molar-refractivity contribution in [2.45, 2.75) is 13.8 Å². The van der Waals surface area contributed by atoms with Crippen LogP contribution in [0.15, 0.2) is 35.0 Å². The van der Waals surface area contributed by atoms with Gasteiger partial charge in [-0.25, -0.2) is 0 Å². The van der Waals surface area contributed by atoms with Crippen molar-refractivity contribution in [3.05, 3.63) is 35.0 Å². The van der Waals surface area contributed by atoms with Crippen molar-refractivity contribution in [2.24, 2.45) is 5.41 Å². The van der Waals surface area contributed by atoms with E-state index in [-0.39, 0.29) is 5.91 Å². The Morgan fingerprint density at radius 2 is 2.07 bits per heavy atom. The summed E-state index contributed by atoms with van der Waals surface area (Å²) < 4.78 is 0.745. The molecule has 0 saturated carbocycles. The minimum absolute atomic E-state index is 0.0722. The number of amides is 1. The number of likely N-dealkylation sites (N-methyl/N-ethyl adjacent to an activating group) is 1. The highest BCUT2D eigenvalue weighted by atomic mass is 79.9. The summed E-state index contributed by atoms with van der Waals surface area (Å²) >= 11 is 3.33. The number of halogens is 1. The molecule has 76 valence electrons. The van der Waals surface area contributed by atoms with E-state index in [1.807, 2.05) is 13.8 Å². The summed E-state index contributed by atoms with van der Waals surface area (Å²) in [6.45, 7) is 11.3. The molecule has 1 aliphatic rings. The maximum absolute atomic E-state index is 11.9. The fourth-order valence-electron chi connectivity index (χ4n) is 1.84. The van der Waals surface area contributed by atoms with E-state index in [0.717, 1.165) is 15.8 Å². The molecule has 1 rings (SSSR count). The van der Waals surface area contributed by atoms with Crippen molar-refractivity contribution in [1.82, 2.24) is 4.90 Å². The fourth-order valence-corrected chi connectivity index (χ4v) is 2.54. The zero-order chi connectivity index (χ0) is 11.1. The van der Waals surface area contributed by atoms with Crippen LogP contribution in [-0.2, 0) is 4.79 Å². The highest BCUT2D eigenvalue weighted by molar-refractivity contribution is 9.11. The lowest BCUT2D eigenvalue weighted by Gasteiger charge is -2.19. The second kappa shape index (κ2) is 3.39. The zero-order valence-electron chi connectivity index (χ0n) is 8.72. The first-order valence-corrected chi connectivity index (χ1v) is 5.13. The molecule has 0 aromatic heterocycles. The summed E-state index contributed by atoms with van der Waals surface area (Å²) in [5, 5.41) is 0. The topological polar surface area (TPSA) is 20.3 Å². The van der Waals surface area contributed by atoms with Gasteiger partial charge in [0.1, 0.15) is 0 Å². The van der Waals surface area contributed by atoms with Gasteiger partial charge in [-0.05, 0) is 19.9 Å². The highest BCUT2D eigenvalue weighted by Crippen LogP contribution is 2.44. The van der Waals surface area contributed by atoms with Crippen molar-refractivity contribution < 1.29 is 4.79 Å². The molecule has 1 aliphatic heterocycles. The number of rotatable bonds is 2. The maximum atomic E-state index is 11.9. The summed E-state index contributed by atoms with van der Waals surface area (Å²) in [4.78, 5) is 13.5. The van der Waals surface area contributed by atoms with Gasteiger partial charge in [0.15, 0.2) is 0 Å². The molecule has 0 atom stereocenters. The molecule has 0 aromatic carbocycles. The minimum Gasteiger partial charge on any atom is -0.314 e. The van der Waals surface area contributed by atoms with Gasteiger partial charge in [0, 0.05) is 22.8 Å². The van der Waals surface area contributed by atoms with Crippen LogP contribution in [0.3, 0.4) is 0 Å². The largest absolute Gasteiger partial charge is 0.314 e. The van der Waals surface area contributed by atoms with E-state index in [1.165, 1.54) is 0 Å². The summed E-state index contributed by atoms with van der Waals surface area (Å²) in [5.74, 6) is 0.0722. The van der Waals surface area contributed by atoms with Gasteiger partial charge in [0.25, 0.3) is 0 Å². The van der Waals surface area contributed by atoms with E-state index < -0.39 is 5.41 Å². The molecule has 0 bridgehead atoms. The number of hydrogen-bond acceptors (Lipinski definition) is 1. The maximum Gasteiger partial charge on any atom is 0.236 e. The molecule has 1 amide bonds. The van der Waals surface area contributed by atoms with Gasteiger partial charge in [0.2, 0.25) is 5.91 Å². The average molecular weight is 256 g/mol. The monoisotopic (exact) mass is 255 g/mol. The molecular formula is C11H14BrNO. The summed E-state index contributed by atoms with van der Waals surface area (Å²) in [7, 11) is 1.75. The smallest absolute Gasteiger partial charge is 0.236 e. The first-order valence-electron chi connectivity index (χ1n) is 4.34. The lowest BCUT2D eigenvalue weighted by molar-refractivity contribution is -0.132. The average Bonchev–Trinajstić information content (AvgIpc) is 2.25. The van der Waals surface area contributed by atoms with Crippen LogP contribution in [0.2, 0.25) is 0 Å². The Morgan fingerprint density at radius 1 is 1.57 bits per heavy atom. The third-order valence-corrected chi connectivity index (χ3v) is 2.94. The lowest BCUT2D eigenvalue weighted by Crippen LogP contribution is -2.30. The molecule has 3 heteroatoms. The van der Waals surface area contributed by atoms with Gasteiger partial charge >= 0.3 is 0 Å². The standard InChI is InChI=1S/C11H14BrNO/c1-6-8-9(7(2)12)11(3,4)10(14)13(8)5/h6H,1-2H2,3-5H3. The number of carbonyl (C=O) groups is 1. The fraction of sp³-hybridized carbons (Fsp3) is 0.364. The van der Waals surface area contributed by atoms with Crippen LogP contribution < -0.4 is 0 Å². The van der Waals surface area contributed by atoms with Gasteiger partial charge in [-0.1, -0.05) is 29.1 Å². The van der Waals surface area contributed by atoms with Crippen molar-refractivity contribution >= 4 is 21.8 Å². The predicted octanol–water partition coefficient (Wildman–Crippen LogP) is 2.83. The summed E-state index contributed by atoms with van der Waals surface area (Å²) in [5.41, 5.74) is 1.24. The second-order valence-electron chi connectivity index (χ2n) is 3.86. The van der Waals surface area contributed by atoms with Crippen LogP contribution in [-0.4, -0.2) is 17.9 Å². The lowest BCUT2D eigenvalue weighted by atomic mass is 9.85. The van der Waals surface area contributed by atoms with Crippen molar-refractivity contribution in [3.8, 4) is 0 Å². The van der Waals surface area contributed by atoms with Gasteiger partial charge < -0.3 is 4.90 Å². The molecule has 14 heavy (non-hydrogen) atoms. The number of carbonyl (C=O) groups excluding carboxylic acids is 1. The Morgan fingerprint density at radius 3 is 2.36 bits per heavy atom. The van der Waals surface area contributed by atoms with Crippen LogP contribution in [0.25, 0.3) is 0 Å². The van der Waals surface area contributed by atoms with E-state index in [1.54, 1.807) is 18.0 Å². The Balaban J connectivity index is 3.41. The Hall–Kier alpha value is -0.830. The number of hydrogen-bond donors (Lipinski definition) is 0. The zero-order valence-corrected chi connectivity index (χ0v) is 10.3. The van der Waals surface area contributed by atoms with Gasteiger partial charge in [0.05, 0.1) is 5.41 Å². The SMILES string of the molecule is C=CC1=C(C(=C)Br)C(C)(C)C(=O)N1C. The first-order chi connectivity index (χ1) is 6.34. The van der Waals surface area contributed by atoms with Gasteiger partial charge in [-0.2, -0.15) is 0 Å². The van der Waals surface area contributed by atoms with Crippen LogP contribution in [0.4, 0.5) is 0 Å². The molecule has 0 spiro atoms. The molecule has 0 unspecified atom stereocenters. The van der Waals surface area contributed by atoms with E-state index in [4.69, 9.17) is 0 Å². The Bertz CT molecular complexity index is 352. The normalized spacial score (nSPS) is 20.3. The molecule has 0 aliphatic carbocycles. The van der Waals surface area contributed by atoms with Crippen molar-refractivity contribution in [1.29, 1.82) is 0 Å². The molecule has 0 fully saturated rings. The first kappa shape index (κ1) is 11.2. The highest BCUT2D eigenvalue weighted by Gasteiger charge is 2.43. The molecule has 0 saturated heterocycles. The quantitative estimate of drug-likeness (QED) is 0.743. The van der Waals surface area contributed by atoms with Crippen molar-refractivity contribution in [2.75, 3.05) is 7.05 Å². The van der Waals surface area contributed by atoms with E-state index >= 15 is 0 Å². The predicted molar refractivity (Wildman–Crippen MR) is 61.8 cm³/mol. The molecule has 0 radical (unpaired) electrons. The molecule has 0 N–H and O–H groups in total. The summed E-state index contributed by atoms with van der Waals surface area (Å²) in [6.07, 6.45) is 1.69. The van der Waals surface area contributed by atoms with E-state index in [9.17, 15) is 4.79 Å². The molecular weight excluding hydrogens is 242 g/mol. The number of allylic oxidation sites excluding steroid dienone is 2. The van der Waals surface area contributed by atoms with Gasteiger partial charge in [-0.3, -0.25) is 4.79 Å². The summed E-state index contributed by atoms with van der Waals surface area (Å²) in [6, 6.07) is 0. The van der Waals surface area contributed by atoms with E-state index in [2.05, 4.69) is 29.1 Å². The minimum atomic E-state index is -0.515. The van der Waals surface area contributed by atoms with Gasteiger partial charge in [-0.15, -0.1) is 0 Å². The van der Waals surface area contributed by atoms with Crippen LogP contribution in [0.1, 0.15) is 13.8 Å². The van der Waals surface area contributed by atoms with Crippen molar-refractivity contribution in [3.63, 3.8) is 0 Å². The molecule has 0 aromatic rings. The van der Waals surface area contributed by atoms with Crippen LogP contribution in [0, 0.1) is 5.41 Å². The van der Waals surface area contributed by atoms with E-state index in [0.29, 0.717) is 0 Å². The third kappa shape index (κ3) is 1.36.